The lowest BCUT2D eigenvalue weighted by Crippen LogP contribution is -2.31. The Hall–Kier alpha value is -1.95. The number of hydrogen-bond acceptors (Lipinski definition) is 4. The van der Waals surface area contributed by atoms with Crippen LogP contribution in [0.4, 0.5) is 0 Å². The van der Waals surface area contributed by atoms with Crippen molar-refractivity contribution in [1.82, 2.24) is 9.88 Å². The fourth-order valence-corrected chi connectivity index (χ4v) is 2.91. The third kappa shape index (κ3) is 3.77. The molecule has 2 rings (SSSR count). The average molecular weight is 292 g/mol. The molecule has 0 aliphatic rings. The van der Waals surface area contributed by atoms with Gasteiger partial charge in [-0.1, -0.05) is 12.1 Å². The lowest BCUT2D eigenvalue weighted by atomic mass is 10.2. The Morgan fingerprint density at radius 2 is 2.10 bits per heavy atom. The van der Waals surface area contributed by atoms with Crippen LogP contribution in [-0.4, -0.2) is 40.5 Å². The van der Waals surface area contributed by atoms with Gasteiger partial charge in [-0.05, 0) is 25.0 Å². The van der Waals surface area contributed by atoms with Gasteiger partial charge >= 0.3 is 5.97 Å². The van der Waals surface area contributed by atoms with E-state index in [9.17, 15) is 9.59 Å². The van der Waals surface area contributed by atoms with E-state index in [1.54, 1.807) is 11.3 Å². The van der Waals surface area contributed by atoms with Crippen molar-refractivity contribution in [2.45, 2.75) is 19.3 Å². The number of amides is 1. The van der Waals surface area contributed by atoms with E-state index in [4.69, 9.17) is 5.11 Å². The van der Waals surface area contributed by atoms with Gasteiger partial charge in [0, 0.05) is 13.5 Å². The fraction of sp³-hybridized carbons (Fsp3) is 0.357. The second-order valence-corrected chi connectivity index (χ2v) is 5.69. The first-order valence-corrected chi connectivity index (χ1v) is 7.18. The van der Waals surface area contributed by atoms with Gasteiger partial charge in [-0.3, -0.25) is 9.59 Å². The number of para-hydroxylation sites is 1. The molecule has 1 N–H and O–H groups in total. The molecule has 0 aliphatic heterocycles. The fourth-order valence-electron chi connectivity index (χ4n) is 1.90. The van der Waals surface area contributed by atoms with E-state index in [0.29, 0.717) is 12.8 Å². The molecule has 20 heavy (non-hydrogen) atoms. The Morgan fingerprint density at radius 1 is 1.35 bits per heavy atom. The molecule has 0 saturated carbocycles. The molecule has 0 saturated heterocycles. The molecule has 0 atom stereocenters. The van der Waals surface area contributed by atoms with Crippen molar-refractivity contribution >= 4 is 33.4 Å². The quantitative estimate of drug-likeness (QED) is 0.885. The maximum absolute atomic E-state index is 11.7. The predicted molar refractivity (Wildman–Crippen MR) is 77.8 cm³/mol. The number of carbonyl (C=O) groups is 2. The van der Waals surface area contributed by atoms with Crippen molar-refractivity contribution in [3.8, 4) is 0 Å². The highest BCUT2D eigenvalue weighted by molar-refractivity contribution is 7.18. The molecule has 0 unspecified atom stereocenters. The number of nitrogens with zero attached hydrogens (tertiary/aromatic N) is 2. The predicted octanol–water partition coefficient (Wildman–Crippen LogP) is 2.16. The first-order chi connectivity index (χ1) is 9.56. The summed E-state index contributed by atoms with van der Waals surface area (Å²) in [4.78, 5) is 27.9. The molecule has 6 heteroatoms. The number of carbonyl (C=O) groups excluding carboxylic acids is 1. The number of thiazole rings is 1. The SMILES string of the molecule is CN(CC(=O)O)C(=O)CCCc1nc2ccccc2s1. The Kier molecular flexibility index (Phi) is 4.68. The van der Waals surface area contributed by atoms with Crippen molar-refractivity contribution < 1.29 is 14.7 Å². The van der Waals surface area contributed by atoms with Gasteiger partial charge in [0.25, 0.3) is 0 Å². The van der Waals surface area contributed by atoms with Gasteiger partial charge in [-0.15, -0.1) is 11.3 Å². The molecule has 0 spiro atoms. The minimum absolute atomic E-state index is 0.145. The zero-order valence-electron chi connectivity index (χ0n) is 11.2. The molecule has 0 aliphatic carbocycles. The zero-order chi connectivity index (χ0) is 14.5. The number of aromatic nitrogens is 1. The molecular weight excluding hydrogens is 276 g/mol. The second-order valence-electron chi connectivity index (χ2n) is 4.57. The van der Waals surface area contributed by atoms with Crippen LogP contribution in [0.3, 0.4) is 0 Å². The first kappa shape index (κ1) is 14.5. The van der Waals surface area contributed by atoms with E-state index in [2.05, 4.69) is 4.98 Å². The van der Waals surface area contributed by atoms with Crippen LogP contribution in [-0.2, 0) is 16.0 Å². The summed E-state index contributed by atoms with van der Waals surface area (Å²) >= 11 is 1.64. The van der Waals surface area contributed by atoms with Crippen LogP contribution in [0.1, 0.15) is 17.8 Å². The van der Waals surface area contributed by atoms with Crippen molar-refractivity contribution in [2.24, 2.45) is 0 Å². The summed E-state index contributed by atoms with van der Waals surface area (Å²) in [6, 6.07) is 7.94. The van der Waals surface area contributed by atoms with Gasteiger partial charge in [-0.2, -0.15) is 0 Å². The van der Waals surface area contributed by atoms with E-state index in [-0.39, 0.29) is 12.5 Å². The third-order valence-corrected chi connectivity index (χ3v) is 4.01. The maximum Gasteiger partial charge on any atom is 0.323 e. The molecular formula is C14H16N2O3S. The molecule has 0 radical (unpaired) electrons. The zero-order valence-corrected chi connectivity index (χ0v) is 12.0. The molecule has 1 aromatic carbocycles. The lowest BCUT2D eigenvalue weighted by molar-refractivity contribution is -0.143. The van der Waals surface area contributed by atoms with Gasteiger partial charge in [0.15, 0.2) is 0 Å². The topological polar surface area (TPSA) is 70.5 Å². The second kappa shape index (κ2) is 6.47. The summed E-state index contributed by atoms with van der Waals surface area (Å²) in [6.45, 7) is -0.250. The largest absolute Gasteiger partial charge is 0.480 e. The van der Waals surface area contributed by atoms with Crippen LogP contribution >= 0.6 is 11.3 Å². The van der Waals surface area contributed by atoms with Crippen LogP contribution in [0.15, 0.2) is 24.3 Å². The third-order valence-electron chi connectivity index (χ3n) is 2.92. The smallest absolute Gasteiger partial charge is 0.323 e. The standard InChI is InChI=1S/C14H16N2O3S/c1-16(9-14(18)19)13(17)8-4-7-12-15-10-5-2-3-6-11(10)20-12/h2-3,5-6H,4,7-9H2,1H3,(H,18,19). The Balaban J connectivity index is 1.83. The lowest BCUT2D eigenvalue weighted by Gasteiger charge is -2.13. The molecule has 5 nitrogen and oxygen atoms in total. The van der Waals surface area contributed by atoms with E-state index >= 15 is 0 Å². The molecule has 1 heterocycles. The monoisotopic (exact) mass is 292 g/mol. The van der Waals surface area contributed by atoms with Gasteiger partial charge < -0.3 is 10.0 Å². The maximum atomic E-state index is 11.7. The summed E-state index contributed by atoms with van der Waals surface area (Å²) in [5.74, 6) is -1.14. The molecule has 106 valence electrons. The van der Waals surface area contributed by atoms with Crippen LogP contribution in [0.5, 0.6) is 0 Å². The van der Waals surface area contributed by atoms with Crippen molar-refractivity contribution in [2.75, 3.05) is 13.6 Å². The Labute approximate surface area is 120 Å². The highest BCUT2D eigenvalue weighted by Crippen LogP contribution is 2.22. The van der Waals surface area contributed by atoms with Crippen LogP contribution in [0, 0.1) is 0 Å². The van der Waals surface area contributed by atoms with Crippen molar-refractivity contribution in [1.29, 1.82) is 0 Å². The van der Waals surface area contributed by atoms with Gasteiger partial charge in [-0.25, -0.2) is 4.98 Å². The number of carboxylic acids is 1. The Morgan fingerprint density at radius 3 is 2.80 bits per heavy atom. The van der Waals surface area contributed by atoms with E-state index in [0.717, 1.165) is 21.6 Å². The van der Waals surface area contributed by atoms with E-state index < -0.39 is 5.97 Å². The number of aryl methyl sites for hydroxylation is 1. The minimum Gasteiger partial charge on any atom is -0.480 e. The van der Waals surface area contributed by atoms with Crippen LogP contribution in [0.2, 0.25) is 0 Å². The number of benzene rings is 1. The van der Waals surface area contributed by atoms with Crippen LogP contribution < -0.4 is 0 Å². The number of aliphatic carboxylic acids is 1. The molecule has 1 amide bonds. The summed E-state index contributed by atoms with van der Waals surface area (Å²) in [6.07, 6.45) is 1.77. The number of fused-ring (bicyclic) bond motifs is 1. The minimum atomic E-state index is -0.993. The summed E-state index contributed by atoms with van der Waals surface area (Å²) in [5, 5.41) is 9.63. The highest BCUT2D eigenvalue weighted by atomic mass is 32.1. The molecule has 0 fully saturated rings. The number of hydrogen-bond donors (Lipinski definition) is 1. The number of likely N-dealkylation sites (N-methyl/N-ethyl adjacent to an activating group) is 1. The summed E-state index contributed by atoms with van der Waals surface area (Å²) in [7, 11) is 1.51. The van der Waals surface area contributed by atoms with E-state index in [1.807, 2.05) is 24.3 Å². The van der Waals surface area contributed by atoms with Crippen molar-refractivity contribution in [3.63, 3.8) is 0 Å². The highest BCUT2D eigenvalue weighted by Gasteiger charge is 2.12. The summed E-state index contributed by atoms with van der Waals surface area (Å²) < 4.78 is 1.15. The van der Waals surface area contributed by atoms with E-state index in [1.165, 1.54) is 11.9 Å². The molecule has 0 bridgehead atoms. The first-order valence-electron chi connectivity index (χ1n) is 6.36. The molecule has 1 aromatic heterocycles. The number of carboxylic acid groups (broad SMARTS) is 1. The number of rotatable bonds is 6. The van der Waals surface area contributed by atoms with Gasteiger partial charge in [0.2, 0.25) is 5.91 Å². The molecule has 2 aromatic rings. The normalized spacial score (nSPS) is 10.7. The Bertz CT molecular complexity index is 591. The van der Waals surface area contributed by atoms with Gasteiger partial charge in [0.05, 0.1) is 15.2 Å². The summed E-state index contributed by atoms with van der Waals surface area (Å²) in [5.41, 5.74) is 0.988. The van der Waals surface area contributed by atoms with Crippen molar-refractivity contribution in [3.05, 3.63) is 29.3 Å². The average Bonchev–Trinajstić information content (AvgIpc) is 2.80. The van der Waals surface area contributed by atoms with Crippen LogP contribution in [0.25, 0.3) is 10.2 Å². The van der Waals surface area contributed by atoms with Gasteiger partial charge in [0.1, 0.15) is 6.54 Å².